The minimum Gasteiger partial charge on any atom is -0.465 e. The van der Waals surface area contributed by atoms with Crippen molar-refractivity contribution in [3.63, 3.8) is 0 Å². The molecule has 0 heterocycles. The Morgan fingerprint density at radius 3 is 2.23 bits per heavy atom. The van der Waals surface area contributed by atoms with Crippen molar-refractivity contribution >= 4 is 0 Å². The van der Waals surface area contributed by atoms with Crippen molar-refractivity contribution in [3.8, 4) is 5.75 Å². The SMILES string of the molecule is CC(C)(C)CCc1ccc(OC(CC23CCCC(CCC2)C3)OC2CCCCC2)cc1. The molecular formula is C29H46O2. The van der Waals surface area contributed by atoms with E-state index in [1.807, 2.05) is 0 Å². The minimum absolute atomic E-state index is 0.0830. The third-order valence-electron chi connectivity index (χ3n) is 8.21. The molecule has 3 aliphatic rings. The summed E-state index contributed by atoms with van der Waals surface area (Å²) in [6, 6.07) is 8.87. The van der Waals surface area contributed by atoms with Gasteiger partial charge >= 0.3 is 0 Å². The van der Waals surface area contributed by atoms with Gasteiger partial charge in [0, 0.05) is 6.42 Å². The number of benzene rings is 1. The molecule has 0 amide bonds. The van der Waals surface area contributed by atoms with E-state index in [9.17, 15) is 0 Å². The van der Waals surface area contributed by atoms with Crippen LogP contribution in [-0.4, -0.2) is 12.4 Å². The summed E-state index contributed by atoms with van der Waals surface area (Å²) in [6.07, 6.45) is 20.0. The molecule has 2 heteroatoms. The summed E-state index contributed by atoms with van der Waals surface area (Å²) in [5, 5.41) is 0. The Kier molecular flexibility index (Phi) is 7.68. The fraction of sp³-hybridized carbons (Fsp3) is 0.793. The van der Waals surface area contributed by atoms with Gasteiger partial charge in [-0.05, 0) is 79.4 Å². The second-order valence-electron chi connectivity index (χ2n) is 12.2. The van der Waals surface area contributed by atoms with Crippen molar-refractivity contribution in [2.24, 2.45) is 16.7 Å². The quantitative estimate of drug-likeness (QED) is 0.388. The van der Waals surface area contributed by atoms with E-state index in [0.29, 0.717) is 16.9 Å². The molecular weight excluding hydrogens is 380 g/mol. The Balaban J connectivity index is 1.41. The van der Waals surface area contributed by atoms with Gasteiger partial charge in [-0.3, -0.25) is 0 Å². The first-order valence-corrected chi connectivity index (χ1v) is 13.3. The number of hydrogen-bond donors (Lipinski definition) is 0. The van der Waals surface area contributed by atoms with E-state index in [0.717, 1.165) is 24.5 Å². The lowest BCUT2D eigenvalue weighted by Crippen LogP contribution is -2.39. The molecule has 3 aliphatic carbocycles. The first-order valence-electron chi connectivity index (χ1n) is 13.3. The average molecular weight is 427 g/mol. The normalized spacial score (nSPS) is 28.3. The van der Waals surface area contributed by atoms with E-state index in [2.05, 4.69) is 45.0 Å². The maximum Gasteiger partial charge on any atom is 0.200 e. The Labute approximate surface area is 191 Å². The predicted molar refractivity (Wildman–Crippen MR) is 129 cm³/mol. The van der Waals surface area contributed by atoms with Gasteiger partial charge < -0.3 is 9.47 Å². The first kappa shape index (κ1) is 23.1. The largest absolute Gasteiger partial charge is 0.465 e. The van der Waals surface area contributed by atoms with Gasteiger partial charge in [-0.1, -0.05) is 77.8 Å². The Hall–Kier alpha value is -1.02. The standard InChI is InChI=1S/C29H46O2/c1-28(2,3)20-17-23-13-15-26(16-14-23)31-27(30-25-11-5-4-6-12-25)22-29-18-7-9-24(21-29)10-8-19-29/h13-16,24-25,27H,4-12,17-22H2,1-3H3. The molecule has 2 nitrogen and oxygen atoms in total. The predicted octanol–water partition coefficient (Wildman–Crippen LogP) is 8.47. The van der Waals surface area contributed by atoms with Gasteiger partial charge in [0.2, 0.25) is 6.29 Å². The van der Waals surface area contributed by atoms with Gasteiger partial charge in [0.15, 0.2) is 0 Å². The number of aryl methyl sites for hydroxylation is 1. The van der Waals surface area contributed by atoms with E-state index in [1.54, 1.807) is 0 Å². The number of ether oxygens (including phenoxy) is 2. The van der Waals surface area contributed by atoms with E-state index < -0.39 is 0 Å². The fourth-order valence-corrected chi connectivity index (χ4v) is 6.40. The van der Waals surface area contributed by atoms with E-state index in [4.69, 9.17) is 9.47 Å². The zero-order chi connectivity index (χ0) is 21.7. The van der Waals surface area contributed by atoms with Crippen LogP contribution >= 0.6 is 0 Å². The molecule has 0 radical (unpaired) electrons. The van der Waals surface area contributed by atoms with Crippen molar-refractivity contribution in [1.82, 2.24) is 0 Å². The summed E-state index contributed by atoms with van der Waals surface area (Å²) in [5.41, 5.74) is 2.26. The van der Waals surface area contributed by atoms with Gasteiger partial charge in [-0.2, -0.15) is 0 Å². The topological polar surface area (TPSA) is 18.5 Å². The summed E-state index contributed by atoms with van der Waals surface area (Å²) < 4.78 is 13.3. The highest BCUT2D eigenvalue weighted by atomic mass is 16.7. The zero-order valence-electron chi connectivity index (χ0n) is 20.5. The highest BCUT2D eigenvalue weighted by molar-refractivity contribution is 5.27. The van der Waals surface area contributed by atoms with Crippen LogP contribution < -0.4 is 4.74 Å². The Morgan fingerprint density at radius 2 is 1.58 bits per heavy atom. The number of rotatable bonds is 8. The van der Waals surface area contributed by atoms with Crippen LogP contribution in [0, 0.1) is 16.7 Å². The molecule has 3 saturated carbocycles. The van der Waals surface area contributed by atoms with Crippen LogP contribution in [0.1, 0.15) is 116 Å². The summed E-state index contributed by atoms with van der Waals surface area (Å²) in [5.74, 6) is 1.94. The lowest BCUT2D eigenvalue weighted by atomic mass is 9.60. The maximum absolute atomic E-state index is 6.68. The van der Waals surface area contributed by atoms with Crippen molar-refractivity contribution in [2.75, 3.05) is 0 Å². The molecule has 1 aromatic carbocycles. The van der Waals surface area contributed by atoms with Crippen LogP contribution in [0.4, 0.5) is 0 Å². The molecule has 1 aromatic rings. The van der Waals surface area contributed by atoms with Crippen LogP contribution in [0.25, 0.3) is 0 Å². The third kappa shape index (κ3) is 6.98. The number of fused-ring (bicyclic) bond motifs is 2. The summed E-state index contributed by atoms with van der Waals surface area (Å²) in [7, 11) is 0. The molecule has 1 atom stereocenters. The fourth-order valence-electron chi connectivity index (χ4n) is 6.40. The van der Waals surface area contributed by atoms with Gasteiger partial charge in [0.25, 0.3) is 0 Å². The van der Waals surface area contributed by atoms with Crippen LogP contribution in [0.5, 0.6) is 5.75 Å². The highest BCUT2D eigenvalue weighted by Crippen LogP contribution is 2.52. The molecule has 0 saturated heterocycles. The molecule has 0 aliphatic heterocycles. The molecule has 1 unspecified atom stereocenters. The molecule has 0 aromatic heterocycles. The smallest absolute Gasteiger partial charge is 0.200 e. The summed E-state index contributed by atoms with van der Waals surface area (Å²) >= 11 is 0. The van der Waals surface area contributed by atoms with Crippen molar-refractivity contribution in [3.05, 3.63) is 29.8 Å². The molecule has 174 valence electrons. The first-order chi connectivity index (χ1) is 14.9. The molecule has 2 bridgehead atoms. The van der Waals surface area contributed by atoms with Gasteiger partial charge in [0.1, 0.15) is 5.75 Å². The highest BCUT2D eigenvalue weighted by Gasteiger charge is 2.42. The van der Waals surface area contributed by atoms with Crippen molar-refractivity contribution < 1.29 is 9.47 Å². The lowest BCUT2D eigenvalue weighted by Gasteiger charge is -2.47. The molecule has 0 spiro atoms. The molecule has 3 fully saturated rings. The summed E-state index contributed by atoms with van der Waals surface area (Å²) in [4.78, 5) is 0. The zero-order valence-corrected chi connectivity index (χ0v) is 20.5. The van der Waals surface area contributed by atoms with Crippen LogP contribution in [0.15, 0.2) is 24.3 Å². The lowest BCUT2D eigenvalue weighted by molar-refractivity contribution is -0.155. The molecule has 4 rings (SSSR count). The number of hydrogen-bond acceptors (Lipinski definition) is 2. The van der Waals surface area contributed by atoms with Gasteiger partial charge in [-0.25, -0.2) is 0 Å². The van der Waals surface area contributed by atoms with Crippen molar-refractivity contribution in [2.45, 2.75) is 129 Å². The molecule has 0 N–H and O–H groups in total. The second kappa shape index (κ2) is 10.3. The second-order valence-corrected chi connectivity index (χ2v) is 12.2. The monoisotopic (exact) mass is 426 g/mol. The van der Waals surface area contributed by atoms with Crippen LogP contribution in [0.2, 0.25) is 0 Å². The summed E-state index contributed by atoms with van der Waals surface area (Å²) in [6.45, 7) is 6.95. The van der Waals surface area contributed by atoms with E-state index in [-0.39, 0.29) is 6.29 Å². The van der Waals surface area contributed by atoms with Crippen molar-refractivity contribution in [1.29, 1.82) is 0 Å². The maximum atomic E-state index is 6.68. The van der Waals surface area contributed by atoms with E-state index in [1.165, 1.54) is 89.0 Å². The average Bonchev–Trinajstić information content (AvgIpc) is 2.73. The van der Waals surface area contributed by atoms with E-state index >= 15 is 0 Å². The van der Waals surface area contributed by atoms with Crippen LogP contribution in [-0.2, 0) is 11.2 Å². The third-order valence-corrected chi connectivity index (χ3v) is 8.21. The van der Waals surface area contributed by atoms with Crippen LogP contribution in [0.3, 0.4) is 0 Å². The Morgan fingerprint density at radius 1 is 0.903 bits per heavy atom. The minimum atomic E-state index is -0.0830. The Bertz CT molecular complexity index is 655. The van der Waals surface area contributed by atoms with Gasteiger partial charge in [-0.15, -0.1) is 0 Å². The van der Waals surface area contributed by atoms with Gasteiger partial charge in [0.05, 0.1) is 6.10 Å². The molecule has 31 heavy (non-hydrogen) atoms.